The highest BCUT2D eigenvalue weighted by molar-refractivity contribution is 6.30. The standard InChI is InChI=1S/C15H16ClNO3/c1-9(2)7-12-13(15(18)19-3)17-14(20-12)10-5-4-6-11(16)8-10/h4-6,8-9H,7H2,1-3H3. The van der Waals surface area contributed by atoms with E-state index in [1.54, 1.807) is 12.1 Å². The third-order valence-electron chi connectivity index (χ3n) is 2.74. The van der Waals surface area contributed by atoms with Crippen LogP contribution in [0.15, 0.2) is 28.7 Å². The fourth-order valence-electron chi connectivity index (χ4n) is 1.86. The Morgan fingerprint density at radius 1 is 1.45 bits per heavy atom. The summed E-state index contributed by atoms with van der Waals surface area (Å²) in [5, 5.41) is 0.589. The first-order valence-electron chi connectivity index (χ1n) is 6.35. The molecule has 20 heavy (non-hydrogen) atoms. The van der Waals surface area contributed by atoms with Gasteiger partial charge in [-0.15, -0.1) is 0 Å². The lowest BCUT2D eigenvalue weighted by molar-refractivity contribution is 0.0592. The molecule has 0 aliphatic heterocycles. The lowest BCUT2D eigenvalue weighted by atomic mass is 10.1. The largest absolute Gasteiger partial charge is 0.464 e. The molecule has 0 aliphatic rings. The third-order valence-corrected chi connectivity index (χ3v) is 2.98. The highest BCUT2D eigenvalue weighted by Crippen LogP contribution is 2.26. The molecule has 0 amide bonds. The van der Waals surface area contributed by atoms with Gasteiger partial charge in [-0.25, -0.2) is 9.78 Å². The van der Waals surface area contributed by atoms with Crippen molar-refractivity contribution in [1.82, 2.24) is 4.98 Å². The van der Waals surface area contributed by atoms with E-state index in [2.05, 4.69) is 4.98 Å². The van der Waals surface area contributed by atoms with Gasteiger partial charge in [0.15, 0.2) is 5.69 Å². The van der Waals surface area contributed by atoms with E-state index in [9.17, 15) is 4.79 Å². The normalized spacial score (nSPS) is 10.8. The summed E-state index contributed by atoms with van der Waals surface area (Å²) in [5.41, 5.74) is 0.967. The van der Waals surface area contributed by atoms with Crippen molar-refractivity contribution in [3.05, 3.63) is 40.7 Å². The molecule has 0 saturated carbocycles. The molecule has 0 fully saturated rings. The van der Waals surface area contributed by atoms with Crippen LogP contribution in [0.3, 0.4) is 0 Å². The fraction of sp³-hybridized carbons (Fsp3) is 0.333. The number of ether oxygens (including phenoxy) is 1. The fourth-order valence-corrected chi connectivity index (χ4v) is 2.05. The first kappa shape index (κ1) is 14.6. The second-order valence-electron chi connectivity index (χ2n) is 4.89. The predicted octanol–water partition coefficient (Wildman–Crippen LogP) is 3.98. The number of benzene rings is 1. The predicted molar refractivity (Wildman–Crippen MR) is 76.8 cm³/mol. The van der Waals surface area contributed by atoms with Gasteiger partial charge in [-0.3, -0.25) is 0 Å². The molecule has 1 heterocycles. The molecule has 2 aromatic rings. The summed E-state index contributed by atoms with van der Waals surface area (Å²) in [6, 6.07) is 7.15. The van der Waals surface area contributed by atoms with Gasteiger partial charge in [-0.1, -0.05) is 31.5 Å². The van der Waals surface area contributed by atoms with Crippen molar-refractivity contribution >= 4 is 17.6 Å². The Morgan fingerprint density at radius 2 is 2.20 bits per heavy atom. The van der Waals surface area contributed by atoms with E-state index in [0.29, 0.717) is 29.0 Å². The van der Waals surface area contributed by atoms with Crippen LogP contribution in [0, 0.1) is 5.92 Å². The van der Waals surface area contributed by atoms with Crippen LogP contribution < -0.4 is 0 Å². The average molecular weight is 294 g/mol. The number of halogens is 1. The van der Waals surface area contributed by atoms with Crippen LogP contribution in [0.25, 0.3) is 11.5 Å². The molecule has 4 nitrogen and oxygen atoms in total. The average Bonchev–Trinajstić information content (AvgIpc) is 2.81. The van der Waals surface area contributed by atoms with Crippen molar-refractivity contribution in [3.8, 4) is 11.5 Å². The quantitative estimate of drug-likeness (QED) is 0.800. The Hall–Kier alpha value is -1.81. The highest BCUT2D eigenvalue weighted by atomic mass is 35.5. The Kier molecular flexibility index (Phi) is 4.45. The first-order valence-corrected chi connectivity index (χ1v) is 6.73. The SMILES string of the molecule is COC(=O)c1nc(-c2cccc(Cl)c2)oc1CC(C)C. The summed E-state index contributed by atoms with van der Waals surface area (Å²) < 4.78 is 10.5. The monoisotopic (exact) mass is 293 g/mol. The van der Waals surface area contributed by atoms with E-state index in [0.717, 1.165) is 5.56 Å². The van der Waals surface area contributed by atoms with Crippen molar-refractivity contribution in [2.75, 3.05) is 7.11 Å². The zero-order chi connectivity index (χ0) is 14.7. The molecule has 1 aromatic heterocycles. The van der Waals surface area contributed by atoms with Gasteiger partial charge in [0.1, 0.15) is 5.76 Å². The van der Waals surface area contributed by atoms with E-state index in [4.69, 9.17) is 20.8 Å². The maximum absolute atomic E-state index is 11.8. The van der Waals surface area contributed by atoms with Crippen LogP contribution in [0.2, 0.25) is 5.02 Å². The van der Waals surface area contributed by atoms with Crippen molar-refractivity contribution < 1.29 is 13.9 Å². The van der Waals surface area contributed by atoms with Gasteiger partial charge < -0.3 is 9.15 Å². The number of aromatic nitrogens is 1. The maximum Gasteiger partial charge on any atom is 0.360 e. The molecule has 0 bridgehead atoms. The van der Waals surface area contributed by atoms with E-state index in [-0.39, 0.29) is 5.69 Å². The van der Waals surface area contributed by atoms with E-state index in [1.807, 2.05) is 26.0 Å². The van der Waals surface area contributed by atoms with E-state index >= 15 is 0 Å². The van der Waals surface area contributed by atoms with Crippen molar-refractivity contribution in [1.29, 1.82) is 0 Å². The smallest absolute Gasteiger partial charge is 0.360 e. The lowest BCUT2D eigenvalue weighted by Crippen LogP contribution is -2.06. The van der Waals surface area contributed by atoms with Gasteiger partial charge >= 0.3 is 5.97 Å². The van der Waals surface area contributed by atoms with Gasteiger partial charge in [0, 0.05) is 17.0 Å². The van der Waals surface area contributed by atoms with Crippen LogP contribution in [0.1, 0.15) is 30.1 Å². The second kappa shape index (κ2) is 6.09. The molecule has 2 rings (SSSR count). The Labute approximate surface area is 122 Å². The minimum absolute atomic E-state index is 0.233. The molecule has 0 spiro atoms. The van der Waals surface area contributed by atoms with Crippen LogP contribution in [0.5, 0.6) is 0 Å². The molecular weight excluding hydrogens is 278 g/mol. The topological polar surface area (TPSA) is 52.3 Å². The number of rotatable bonds is 4. The van der Waals surface area contributed by atoms with E-state index < -0.39 is 5.97 Å². The van der Waals surface area contributed by atoms with Gasteiger partial charge in [0.2, 0.25) is 5.89 Å². The number of carbonyl (C=O) groups excluding carboxylic acids is 1. The van der Waals surface area contributed by atoms with Gasteiger partial charge in [0.25, 0.3) is 0 Å². The van der Waals surface area contributed by atoms with Gasteiger partial charge in [-0.05, 0) is 24.1 Å². The molecule has 0 radical (unpaired) electrons. The number of carbonyl (C=O) groups is 1. The second-order valence-corrected chi connectivity index (χ2v) is 5.33. The molecule has 0 unspecified atom stereocenters. The molecule has 0 atom stereocenters. The minimum Gasteiger partial charge on any atom is -0.464 e. The summed E-state index contributed by atoms with van der Waals surface area (Å²) in [6.45, 7) is 4.09. The molecular formula is C15H16ClNO3. The maximum atomic E-state index is 11.8. The minimum atomic E-state index is -0.488. The molecule has 0 saturated heterocycles. The zero-order valence-electron chi connectivity index (χ0n) is 11.6. The molecule has 0 N–H and O–H groups in total. The molecule has 0 aliphatic carbocycles. The Morgan fingerprint density at radius 3 is 2.80 bits per heavy atom. The number of methoxy groups -OCH3 is 1. The first-order chi connectivity index (χ1) is 9.51. The van der Waals surface area contributed by atoms with Gasteiger partial charge in [-0.2, -0.15) is 0 Å². The summed E-state index contributed by atoms with van der Waals surface area (Å²) in [6.07, 6.45) is 0.623. The van der Waals surface area contributed by atoms with Crippen LogP contribution >= 0.6 is 11.6 Å². The number of nitrogens with zero attached hydrogens (tertiary/aromatic N) is 1. The number of oxazole rings is 1. The van der Waals surface area contributed by atoms with Crippen molar-refractivity contribution in [2.24, 2.45) is 5.92 Å². The lowest BCUT2D eigenvalue weighted by Gasteiger charge is -2.02. The molecule has 1 aromatic carbocycles. The Balaban J connectivity index is 2.45. The Bertz CT molecular complexity index is 619. The number of hydrogen-bond acceptors (Lipinski definition) is 4. The van der Waals surface area contributed by atoms with Crippen LogP contribution in [0.4, 0.5) is 0 Å². The summed E-state index contributed by atoms with van der Waals surface area (Å²) in [7, 11) is 1.33. The highest BCUT2D eigenvalue weighted by Gasteiger charge is 2.22. The van der Waals surface area contributed by atoms with Crippen LogP contribution in [-0.2, 0) is 11.2 Å². The summed E-state index contributed by atoms with van der Waals surface area (Å²) in [4.78, 5) is 16.0. The van der Waals surface area contributed by atoms with Crippen molar-refractivity contribution in [3.63, 3.8) is 0 Å². The molecule has 106 valence electrons. The number of esters is 1. The molecule has 5 heteroatoms. The van der Waals surface area contributed by atoms with Gasteiger partial charge in [0.05, 0.1) is 7.11 Å². The third kappa shape index (κ3) is 3.20. The zero-order valence-corrected chi connectivity index (χ0v) is 12.4. The summed E-state index contributed by atoms with van der Waals surface area (Å²) in [5.74, 6) is 0.779. The van der Waals surface area contributed by atoms with Crippen molar-refractivity contribution in [2.45, 2.75) is 20.3 Å². The van der Waals surface area contributed by atoms with E-state index in [1.165, 1.54) is 7.11 Å². The van der Waals surface area contributed by atoms with Crippen LogP contribution in [-0.4, -0.2) is 18.1 Å². The number of hydrogen-bond donors (Lipinski definition) is 0. The summed E-state index contributed by atoms with van der Waals surface area (Å²) >= 11 is 5.95.